The summed E-state index contributed by atoms with van der Waals surface area (Å²) < 4.78 is 18.1. The molecule has 7 nitrogen and oxygen atoms in total. The third kappa shape index (κ3) is 8.46. The van der Waals surface area contributed by atoms with Crippen molar-refractivity contribution < 1.29 is 23.5 Å². The van der Waals surface area contributed by atoms with Crippen LogP contribution < -0.4 is 15.4 Å². The molecule has 2 aromatic rings. The Morgan fingerprint density at radius 2 is 1.65 bits per heavy atom. The first-order valence-electron chi connectivity index (χ1n) is 9.99. The standard InChI is InChI=1S/C23H28FN3O4/c1-16(2)14-27(23(30)12-17-4-6-18(24)7-5-17)15-22(29)25-13-21(28)26-19-8-10-20(31-3)11-9-19/h4-11,16H,12-15H2,1-3H3,(H,25,29)(H,26,28). The van der Waals surface area contributed by atoms with E-state index in [1.54, 1.807) is 43.5 Å². The number of nitrogens with zero attached hydrogens (tertiary/aromatic N) is 1. The van der Waals surface area contributed by atoms with Gasteiger partial charge in [0.1, 0.15) is 11.6 Å². The molecule has 0 aliphatic carbocycles. The normalized spacial score (nSPS) is 10.5. The molecule has 2 N–H and O–H groups in total. The molecule has 8 heteroatoms. The van der Waals surface area contributed by atoms with Gasteiger partial charge in [-0.1, -0.05) is 26.0 Å². The van der Waals surface area contributed by atoms with Crippen molar-refractivity contribution in [3.8, 4) is 5.75 Å². The fourth-order valence-electron chi connectivity index (χ4n) is 2.87. The molecule has 0 spiro atoms. The summed E-state index contributed by atoms with van der Waals surface area (Å²) in [5.74, 6) is -0.601. The summed E-state index contributed by atoms with van der Waals surface area (Å²) in [4.78, 5) is 38.5. The van der Waals surface area contributed by atoms with E-state index in [9.17, 15) is 18.8 Å². The van der Waals surface area contributed by atoms with Crippen LogP contribution in [0.5, 0.6) is 5.75 Å². The Bertz CT molecular complexity index is 883. The lowest BCUT2D eigenvalue weighted by molar-refractivity contribution is -0.136. The van der Waals surface area contributed by atoms with E-state index in [1.807, 2.05) is 13.8 Å². The summed E-state index contributed by atoms with van der Waals surface area (Å²) in [6, 6.07) is 12.5. The summed E-state index contributed by atoms with van der Waals surface area (Å²) in [5, 5.41) is 5.21. The monoisotopic (exact) mass is 429 g/mol. The molecular formula is C23H28FN3O4. The number of carbonyl (C=O) groups is 3. The van der Waals surface area contributed by atoms with Crippen LogP contribution in [0.1, 0.15) is 19.4 Å². The molecule has 0 bridgehead atoms. The van der Waals surface area contributed by atoms with Gasteiger partial charge in [0.05, 0.1) is 26.6 Å². The van der Waals surface area contributed by atoms with Gasteiger partial charge >= 0.3 is 0 Å². The molecule has 0 unspecified atom stereocenters. The van der Waals surface area contributed by atoms with E-state index in [0.717, 1.165) is 0 Å². The zero-order valence-corrected chi connectivity index (χ0v) is 18.0. The van der Waals surface area contributed by atoms with Gasteiger partial charge in [-0.25, -0.2) is 4.39 Å². The van der Waals surface area contributed by atoms with Crippen LogP contribution in [0.3, 0.4) is 0 Å². The minimum atomic E-state index is -0.432. The highest BCUT2D eigenvalue weighted by Crippen LogP contribution is 2.14. The van der Waals surface area contributed by atoms with Crippen LogP contribution in [-0.4, -0.2) is 49.4 Å². The molecule has 2 aromatic carbocycles. The van der Waals surface area contributed by atoms with Gasteiger partial charge in [0.25, 0.3) is 0 Å². The molecule has 3 amide bonds. The number of hydrogen-bond acceptors (Lipinski definition) is 4. The molecule has 0 aliphatic rings. The molecule has 0 aromatic heterocycles. The van der Waals surface area contributed by atoms with Gasteiger partial charge < -0.3 is 20.3 Å². The van der Waals surface area contributed by atoms with Crippen molar-refractivity contribution in [1.82, 2.24) is 10.2 Å². The van der Waals surface area contributed by atoms with Crippen LogP contribution in [0.15, 0.2) is 48.5 Å². The van der Waals surface area contributed by atoms with Crippen molar-refractivity contribution in [2.75, 3.05) is 32.1 Å². The second-order valence-electron chi connectivity index (χ2n) is 7.52. The Morgan fingerprint density at radius 1 is 1.00 bits per heavy atom. The van der Waals surface area contributed by atoms with Crippen molar-refractivity contribution in [1.29, 1.82) is 0 Å². The lowest BCUT2D eigenvalue weighted by atomic mass is 10.1. The van der Waals surface area contributed by atoms with E-state index in [-0.39, 0.29) is 43.1 Å². The largest absolute Gasteiger partial charge is 0.497 e. The van der Waals surface area contributed by atoms with Crippen LogP contribution in [-0.2, 0) is 20.8 Å². The predicted molar refractivity (Wildman–Crippen MR) is 116 cm³/mol. The Hall–Kier alpha value is -3.42. The van der Waals surface area contributed by atoms with Gasteiger partial charge in [0.2, 0.25) is 17.7 Å². The van der Waals surface area contributed by atoms with Crippen molar-refractivity contribution >= 4 is 23.4 Å². The van der Waals surface area contributed by atoms with Crippen molar-refractivity contribution in [2.24, 2.45) is 5.92 Å². The Balaban J connectivity index is 1.86. The topological polar surface area (TPSA) is 87.7 Å². The van der Waals surface area contributed by atoms with Crippen LogP contribution >= 0.6 is 0 Å². The van der Waals surface area contributed by atoms with Gasteiger partial charge in [-0.05, 0) is 47.9 Å². The summed E-state index contributed by atoms with van der Waals surface area (Å²) >= 11 is 0. The Labute approximate surface area is 181 Å². The second-order valence-corrected chi connectivity index (χ2v) is 7.52. The number of rotatable bonds is 10. The van der Waals surface area contributed by atoms with E-state index in [2.05, 4.69) is 10.6 Å². The first kappa shape index (κ1) is 23.9. The Kier molecular flexibility index (Phi) is 8.99. The molecule has 0 saturated carbocycles. The molecule has 166 valence electrons. The number of anilines is 1. The van der Waals surface area contributed by atoms with Crippen LogP contribution in [0.4, 0.5) is 10.1 Å². The molecule has 0 fully saturated rings. The van der Waals surface area contributed by atoms with E-state index < -0.39 is 5.91 Å². The third-order valence-corrected chi connectivity index (χ3v) is 4.36. The maximum absolute atomic E-state index is 13.1. The summed E-state index contributed by atoms with van der Waals surface area (Å²) in [7, 11) is 1.55. The number of benzene rings is 2. The fraction of sp³-hybridized carbons (Fsp3) is 0.348. The molecule has 0 atom stereocenters. The van der Waals surface area contributed by atoms with Gasteiger partial charge in [-0.3, -0.25) is 14.4 Å². The van der Waals surface area contributed by atoms with Crippen LogP contribution in [0, 0.1) is 11.7 Å². The fourth-order valence-corrected chi connectivity index (χ4v) is 2.87. The first-order chi connectivity index (χ1) is 14.8. The van der Waals surface area contributed by atoms with Crippen molar-refractivity contribution in [2.45, 2.75) is 20.3 Å². The van der Waals surface area contributed by atoms with Gasteiger partial charge in [0.15, 0.2) is 0 Å². The van der Waals surface area contributed by atoms with E-state index in [4.69, 9.17) is 4.74 Å². The second kappa shape index (κ2) is 11.7. The average molecular weight is 429 g/mol. The number of hydrogen-bond donors (Lipinski definition) is 2. The number of methoxy groups -OCH3 is 1. The maximum atomic E-state index is 13.1. The van der Waals surface area contributed by atoms with Crippen molar-refractivity contribution in [3.05, 3.63) is 59.9 Å². The zero-order valence-electron chi connectivity index (χ0n) is 18.0. The molecule has 0 aliphatic heterocycles. The number of ether oxygens (including phenoxy) is 1. The third-order valence-electron chi connectivity index (χ3n) is 4.36. The highest BCUT2D eigenvalue weighted by molar-refractivity contribution is 5.95. The smallest absolute Gasteiger partial charge is 0.243 e. The van der Waals surface area contributed by atoms with E-state index in [0.29, 0.717) is 23.5 Å². The van der Waals surface area contributed by atoms with Crippen molar-refractivity contribution in [3.63, 3.8) is 0 Å². The first-order valence-corrected chi connectivity index (χ1v) is 9.99. The summed E-state index contributed by atoms with van der Waals surface area (Å²) in [6.45, 7) is 3.91. The summed E-state index contributed by atoms with van der Waals surface area (Å²) in [6.07, 6.45) is 0.0677. The highest BCUT2D eigenvalue weighted by atomic mass is 19.1. The average Bonchev–Trinajstić information content (AvgIpc) is 2.73. The quantitative estimate of drug-likeness (QED) is 0.608. The minimum Gasteiger partial charge on any atom is -0.497 e. The lowest BCUT2D eigenvalue weighted by Gasteiger charge is -2.24. The van der Waals surface area contributed by atoms with E-state index >= 15 is 0 Å². The van der Waals surface area contributed by atoms with Crippen LogP contribution in [0.25, 0.3) is 0 Å². The van der Waals surface area contributed by atoms with Gasteiger partial charge in [0, 0.05) is 12.2 Å². The Morgan fingerprint density at radius 3 is 2.23 bits per heavy atom. The lowest BCUT2D eigenvalue weighted by Crippen LogP contribution is -2.44. The molecule has 0 heterocycles. The number of nitrogens with one attached hydrogen (secondary N) is 2. The molecule has 0 saturated heterocycles. The molecule has 2 rings (SSSR count). The SMILES string of the molecule is COc1ccc(NC(=O)CNC(=O)CN(CC(C)C)C(=O)Cc2ccc(F)cc2)cc1. The highest BCUT2D eigenvalue weighted by Gasteiger charge is 2.19. The minimum absolute atomic E-state index is 0.0677. The number of amides is 3. The molecular weight excluding hydrogens is 401 g/mol. The molecule has 31 heavy (non-hydrogen) atoms. The van der Waals surface area contributed by atoms with Gasteiger partial charge in [-0.15, -0.1) is 0 Å². The summed E-state index contributed by atoms with van der Waals surface area (Å²) in [5.41, 5.74) is 1.25. The van der Waals surface area contributed by atoms with Crippen LogP contribution in [0.2, 0.25) is 0 Å². The predicted octanol–water partition coefficient (Wildman–Crippen LogP) is 2.62. The van der Waals surface area contributed by atoms with Gasteiger partial charge in [-0.2, -0.15) is 0 Å². The molecule has 0 radical (unpaired) electrons. The maximum Gasteiger partial charge on any atom is 0.243 e. The zero-order chi connectivity index (χ0) is 22.8. The van der Waals surface area contributed by atoms with E-state index in [1.165, 1.54) is 17.0 Å². The number of carbonyl (C=O) groups excluding carboxylic acids is 3. The number of halogens is 1.